The second-order valence-electron chi connectivity index (χ2n) is 11.6. The largest absolute Gasteiger partial charge is 0.446 e. The molecule has 0 heterocycles. The number of aliphatic hydroxyl groups excluding tert-OH is 1. The molecule has 0 saturated carbocycles. The first kappa shape index (κ1) is 36.2. The molecule has 2 amide bonds. The third kappa shape index (κ3) is 21.0. The van der Waals surface area contributed by atoms with Crippen molar-refractivity contribution in [2.75, 3.05) is 6.54 Å². The highest BCUT2D eigenvalue weighted by Gasteiger charge is 2.17. The molecular formula is C34H62N2O4. The Kier molecular flexibility index (Phi) is 23.6. The number of carbonyl (C=O) groups excluding carboxylic acids is 2. The van der Waals surface area contributed by atoms with Crippen molar-refractivity contribution in [2.24, 2.45) is 0 Å². The Morgan fingerprint density at radius 1 is 0.875 bits per heavy atom. The van der Waals surface area contributed by atoms with E-state index in [4.69, 9.17) is 4.74 Å². The molecule has 0 aromatic rings. The molecule has 1 rings (SSSR count). The lowest BCUT2D eigenvalue weighted by Gasteiger charge is -2.20. The molecule has 1 aliphatic carbocycles. The number of alkyl carbamates (subject to hydrolysis) is 1. The Bertz CT molecular complexity index is 679. The molecule has 0 aromatic heterocycles. The molecule has 0 aliphatic heterocycles. The topological polar surface area (TPSA) is 87.7 Å². The summed E-state index contributed by atoms with van der Waals surface area (Å²) in [7, 11) is 0. The maximum absolute atomic E-state index is 12.4. The summed E-state index contributed by atoms with van der Waals surface area (Å²) < 4.78 is 5.55. The molecule has 3 atom stereocenters. The summed E-state index contributed by atoms with van der Waals surface area (Å²) in [5.74, 6) is -0.0182. The number of amides is 2. The van der Waals surface area contributed by atoms with Gasteiger partial charge in [-0.2, -0.15) is 0 Å². The van der Waals surface area contributed by atoms with Crippen molar-refractivity contribution in [3.63, 3.8) is 0 Å². The first-order chi connectivity index (χ1) is 19.6. The number of carbonyl (C=O) groups is 2. The van der Waals surface area contributed by atoms with Gasteiger partial charge in [0.15, 0.2) is 0 Å². The maximum atomic E-state index is 12.4. The molecule has 6 heteroatoms. The fraction of sp³-hybridized carbons (Fsp3) is 0.824. The first-order valence-electron chi connectivity index (χ1n) is 16.8. The lowest BCUT2D eigenvalue weighted by atomic mass is 10.0. The van der Waals surface area contributed by atoms with Crippen LogP contribution in [0.4, 0.5) is 4.79 Å². The second-order valence-corrected chi connectivity index (χ2v) is 11.6. The monoisotopic (exact) mass is 562 g/mol. The Morgan fingerprint density at radius 2 is 1.52 bits per heavy atom. The molecule has 0 aromatic carbocycles. The molecule has 0 saturated heterocycles. The van der Waals surface area contributed by atoms with Gasteiger partial charge in [0.05, 0.1) is 12.1 Å². The van der Waals surface area contributed by atoms with E-state index >= 15 is 0 Å². The van der Waals surface area contributed by atoms with E-state index < -0.39 is 6.10 Å². The van der Waals surface area contributed by atoms with Crippen LogP contribution in [-0.2, 0) is 9.53 Å². The molecule has 40 heavy (non-hydrogen) atoms. The zero-order valence-corrected chi connectivity index (χ0v) is 26.0. The van der Waals surface area contributed by atoms with E-state index in [0.29, 0.717) is 19.4 Å². The van der Waals surface area contributed by atoms with Gasteiger partial charge in [-0.3, -0.25) is 4.79 Å². The SMILES string of the molecule is CCCCCCCCCCCCC/C=C/[C@@H](O)[C@H](CC)NC(=O)CCCCCNC(=O)OC1CC/C=C/CCC1. The number of ether oxygens (including phenoxy) is 1. The third-order valence-electron chi connectivity index (χ3n) is 7.85. The van der Waals surface area contributed by atoms with Gasteiger partial charge in [0.1, 0.15) is 6.10 Å². The lowest BCUT2D eigenvalue weighted by molar-refractivity contribution is -0.122. The van der Waals surface area contributed by atoms with Gasteiger partial charge in [-0.1, -0.05) is 109 Å². The molecular weight excluding hydrogens is 500 g/mol. The first-order valence-corrected chi connectivity index (χ1v) is 16.8. The van der Waals surface area contributed by atoms with Crippen LogP contribution in [0.2, 0.25) is 0 Å². The van der Waals surface area contributed by atoms with Crippen LogP contribution in [0.5, 0.6) is 0 Å². The molecule has 0 spiro atoms. The number of nitrogens with one attached hydrogen (secondary N) is 2. The van der Waals surface area contributed by atoms with Crippen molar-refractivity contribution < 1.29 is 19.4 Å². The van der Waals surface area contributed by atoms with Gasteiger partial charge >= 0.3 is 6.09 Å². The number of hydrogen-bond donors (Lipinski definition) is 3. The predicted molar refractivity (Wildman–Crippen MR) is 167 cm³/mol. The summed E-state index contributed by atoms with van der Waals surface area (Å²) >= 11 is 0. The van der Waals surface area contributed by atoms with Crippen LogP contribution in [0.1, 0.15) is 155 Å². The van der Waals surface area contributed by atoms with E-state index in [1.54, 1.807) is 0 Å². The average molecular weight is 563 g/mol. The van der Waals surface area contributed by atoms with Gasteiger partial charge < -0.3 is 20.5 Å². The normalized spacial score (nSPS) is 18.0. The second kappa shape index (κ2) is 26.1. The molecule has 1 aliphatic rings. The number of hydrogen-bond acceptors (Lipinski definition) is 4. The van der Waals surface area contributed by atoms with Crippen LogP contribution < -0.4 is 10.6 Å². The summed E-state index contributed by atoms with van der Waals surface area (Å²) in [5.41, 5.74) is 0. The van der Waals surface area contributed by atoms with Crippen molar-refractivity contribution in [3.8, 4) is 0 Å². The maximum Gasteiger partial charge on any atom is 0.407 e. The van der Waals surface area contributed by atoms with Crippen LogP contribution in [0.25, 0.3) is 0 Å². The Hall–Kier alpha value is -1.82. The number of rotatable bonds is 23. The van der Waals surface area contributed by atoms with Gasteiger partial charge in [-0.25, -0.2) is 4.79 Å². The van der Waals surface area contributed by atoms with Crippen molar-refractivity contribution in [2.45, 2.75) is 173 Å². The van der Waals surface area contributed by atoms with Crippen LogP contribution in [0.3, 0.4) is 0 Å². The molecule has 0 bridgehead atoms. The predicted octanol–water partition coefficient (Wildman–Crippen LogP) is 8.67. The smallest absolute Gasteiger partial charge is 0.407 e. The molecule has 1 unspecified atom stereocenters. The summed E-state index contributed by atoms with van der Waals surface area (Å²) in [6.07, 6.45) is 31.5. The molecule has 0 radical (unpaired) electrons. The number of unbranched alkanes of at least 4 members (excludes halogenated alkanes) is 13. The average Bonchev–Trinajstić information content (AvgIpc) is 2.93. The van der Waals surface area contributed by atoms with Crippen molar-refractivity contribution in [1.29, 1.82) is 0 Å². The Balaban J connectivity index is 2.03. The fourth-order valence-corrected chi connectivity index (χ4v) is 5.22. The molecule has 232 valence electrons. The Labute approximate surface area is 246 Å². The van der Waals surface area contributed by atoms with E-state index in [2.05, 4.69) is 35.8 Å². The molecule has 3 N–H and O–H groups in total. The minimum Gasteiger partial charge on any atom is -0.446 e. The van der Waals surface area contributed by atoms with Crippen LogP contribution >= 0.6 is 0 Å². The summed E-state index contributed by atoms with van der Waals surface area (Å²) in [6, 6.07) is -0.249. The highest BCUT2D eigenvalue weighted by atomic mass is 16.6. The molecule has 0 fully saturated rings. The van der Waals surface area contributed by atoms with Crippen molar-refractivity contribution in [3.05, 3.63) is 24.3 Å². The van der Waals surface area contributed by atoms with E-state index in [1.165, 1.54) is 64.2 Å². The van der Waals surface area contributed by atoms with Gasteiger partial charge in [0.2, 0.25) is 5.91 Å². The highest BCUT2D eigenvalue weighted by Crippen LogP contribution is 2.16. The van der Waals surface area contributed by atoms with E-state index in [0.717, 1.165) is 64.2 Å². The van der Waals surface area contributed by atoms with Gasteiger partial charge in [0, 0.05) is 13.0 Å². The highest BCUT2D eigenvalue weighted by molar-refractivity contribution is 5.76. The van der Waals surface area contributed by atoms with Crippen molar-refractivity contribution >= 4 is 12.0 Å². The Morgan fingerprint density at radius 3 is 2.23 bits per heavy atom. The van der Waals surface area contributed by atoms with Crippen LogP contribution in [-0.4, -0.2) is 41.9 Å². The third-order valence-corrected chi connectivity index (χ3v) is 7.85. The van der Waals surface area contributed by atoms with Gasteiger partial charge in [-0.15, -0.1) is 0 Å². The number of aliphatic hydroxyl groups is 1. The fourth-order valence-electron chi connectivity index (χ4n) is 5.22. The van der Waals surface area contributed by atoms with Gasteiger partial charge in [-0.05, 0) is 64.2 Å². The quantitative estimate of drug-likeness (QED) is 0.0858. The minimum absolute atomic E-state index is 0.00916. The van der Waals surface area contributed by atoms with E-state index in [9.17, 15) is 14.7 Å². The lowest BCUT2D eigenvalue weighted by Crippen LogP contribution is -2.42. The zero-order chi connectivity index (χ0) is 29.1. The molecule has 6 nitrogen and oxygen atoms in total. The van der Waals surface area contributed by atoms with Gasteiger partial charge in [0.25, 0.3) is 0 Å². The van der Waals surface area contributed by atoms with Crippen molar-refractivity contribution in [1.82, 2.24) is 10.6 Å². The van der Waals surface area contributed by atoms with E-state index in [1.807, 2.05) is 13.0 Å². The van der Waals surface area contributed by atoms with Crippen LogP contribution in [0, 0.1) is 0 Å². The standard InChI is InChI=1S/C34H62N2O4/c1-3-5-6-7-8-9-10-11-12-13-14-18-22-27-32(37)31(4-2)36-33(38)28-23-19-24-29-35-34(39)40-30-25-20-16-15-17-21-26-30/h15-16,22,27,30-32,37H,3-14,17-21,23-26,28-29H2,1-2H3,(H,35,39)(H,36,38)/b16-15+,27-22+/t30?,31-,32+/m0/s1. The van der Waals surface area contributed by atoms with E-state index in [-0.39, 0.29) is 24.1 Å². The zero-order valence-electron chi connectivity index (χ0n) is 26.0. The summed E-state index contributed by atoms with van der Waals surface area (Å²) in [5, 5.41) is 16.4. The minimum atomic E-state index is -0.647. The number of allylic oxidation sites excluding steroid dienone is 3. The van der Waals surface area contributed by atoms with Crippen LogP contribution in [0.15, 0.2) is 24.3 Å². The summed E-state index contributed by atoms with van der Waals surface area (Å²) in [4.78, 5) is 24.4. The summed E-state index contributed by atoms with van der Waals surface area (Å²) in [6.45, 7) is 4.82.